The summed E-state index contributed by atoms with van der Waals surface area (Å²) >= 11 is 0. The lowest BCUT2D eigenvalue weighted by Crippen LogP contribution is -2.31. The predicted molar refractivity (Wildman–Crippen MR) is 86.3 cm³/mol. The van der Waals surface area contributed by atoms with Crippen LogP contribution in [0, 0.1) is 6.92 Å². The molecule has 1 aliphatic rings. The molecule has 3 heterocycles. The molecule has 0 radical (unpaired) electrons. The van der Waals surface area contributed by atoms with Crippen LogP contribution in [0.15, 0.2) is 42.9 Å². The molecule has 0 aliphatic carbocycles. The zero-order valence-electron chi connectivity index (χ0n) is 12.7. The molecule has 0 saturated heterocycles. The van der Waals surface area contributed by atoms with E-state index < -0.39 is 0 Å². The molecule has 0 saturated carbocycles. The van der Waals surface area contributed by atoms with Crippen molar-refractivity contribution in [2.45, 2.75) is 26.4 Å². The van der Waals surface area contributed by atoms with E-state index in [9.17, 15) is 0 Å². The second-order valence-electron chi connectivity index (χ2n) is 5.86. The van der Waals surface area contributed by atoms with E-state index in [1.54, 1.807) is 0 Å². The second kappa shape index (κ2) is 5.46. The number of rotatable bonds is 2. The number of fused-ring (bicyclic) bond motifs is 2. The fraction of sp³-hybridized carbons (Fsp3) is 0.278. The highest BCUT2D eigenvalue weighted by Gasteiger charge is 2.18. The lowest BCUT2D eigenvalue weighted by molar-refractivity contribution is 0.241. The van der Waals surface area contributed by atoms with Gasteiger partial charge in [-0.3, -0.25) is 9.88 Å². The lowest BCUT2D eigenvalue weighted by atomic mass is 10.0. The van der Waals surface area contributed by atoms with Crippen LogP contribution in [0.1, 0.15) is 22.6 Å². The summed E-state index contributed by atoms with van der Waals surface area (Å²) in [6.45, 7) is 4.86. The largest absolute Gasteiger partial charge is 0.293 e. The van der Waals surface area contributed by atoms with E-state index in [-0.39, 0.29) is 0 Å². The minimum Gasteiger partial charge on any atom is -0.293 e. The van der Waals surface area contributed by atoms with Crippen molar-refractivity contribution >= 4 is 10.8 Å². The Hall–Kier alpha value is -2.33. The van der Waals surface area contributed by atoms with E-state index in [2.05, 4.69) is 44.1 Å². The average molecular weight is 290 g/mol. The Bertz CT molecular complexity index is 823. The summed E-state index contributed by atoms with van der Waals surface area (Å²) in [5.41, 5.74) is 3.83. The molecule has 0 spiro atoms. The normalized spacial score (nSPS) is 15.0. The number of pyridine rings is 1. The van der Waals surface area contributed by atoms with Crippen LogP contribution in [-0.2, 0) is 19.5 Å². The van der Waals surface area contributed by atoms with Gasteiger partial charge in [-0.1, -0.05) is 18.2 Å². The van der Waals surface area contributed by atoms with Gasteiger partial charge in [-0.2, -0.15) is 0 Å². The van der Waals surface area contributed by atoms with Gasteiger partial charge in [-0.15, -0.1) is 0 Å². The van der Waals surface area contributed by atoms with Gasteiger partial charge in [0.1, 0.15) is 5.82 Å². The van der Waals surface area contributed by atoms with E-state index in [0.717, 1.165) is 31.9 Å². The topological polar surface area (TPSA) is 41.9 Å². The van der Waals surface area contributed by atoms with E-state index >= 15 is 0 Å². The molecule has 0 amide bonds. The summed E-state index contributed by atoms with van der Waals surface area (Å²) in [6.07, 6.45) is 6.81. The number of aryl methyl sites for hydroxylation is 1. The SMILES string of the molecule is Cc1ncc2c(n1)CN(Cc1cccc3cnccc13)CC2. The third kappa shape index (κ3) is 2.46. The molecule has 4 heteroatoms. The summed E-state index contributed by atoms with van der Waals surface area (Å²) in [5.74, 6) is 0.858. The molecular weight excluding hydrogens is 272 g/mol. The van der Waals surface area contributed by atoms with E-state index in [1.807, 2.05) is 25.5 Å². The Balaban J connectivity index is 1.61. The number of hydrogen-bond donors (Lipinski definition) is 0. The van der Waals surface area contributed by atoms with Gasteiger partial charge in [-0.25, -0.2) is 9.97 Å². The highest BCUT2D eigenvalue weighted by molar-refractivity contribution is 5.84. The summed E-state index contributed by atoms with van der Waals surface area (Å²) < 4.78 is 0. The van der Waals surface area contributed by atoms with Gasteiger partial charge in [0.25, 0.3) is 0 Å². The molecule has 0 atom stereocenters. The molecule has 22 heavy (non-hydrogen) atoms. The monoisotopic (exact) mass is 290 g/mol. The Morgan fingerprint density at radius 3 is 3.09 bits per heavy atom. The van der Waals surface area contributed by atoms with Crippen LogP contribution in [0.25, 0.3) is 10.8 Å². The van der Waals surface area contributed by atoms with Crippen molar-refractivity contribution in [3.05, 3.63) is 65.5 Å². The maximum absolute atomic E-state index is 4.61. The van der Waals surface area contributed by atoms with Crippen LogP contribution >= 0.6 is 0 Å². The molecule has 0 unspecified atom stereocenters. The zero-order chi connectivity index (χ0) is 14.9. The Labute approximate surface area is 129 Å². The first-order valence-electron chi connectivity index (χ1n) is 7.65. The summed E-state index contributed by atoms with van der Waals surface area (Å²) in [7, 11) is 0. The van der Waals surface area contributed by atoms with Crippen LogP contribution in [0.4, 0.5) is 0 Å². The Morgan fingerprint density at radius 2 is 2.14 bits per heavy atom. The molecule has 1 aliphatic heterocycles. The Morgan fingerprint density at radius 1 is 1.18 bits per heavy atom. The van der Waals surface area contributed by atoms with E-state index in [4.69, 9.17) is 0 Å². The molecule has 3 aromatic rings. The smallest absolute Gasteiger partial charge is 0.125 e. The minimum atomic E-state index is 0.858. The first kappa shape index (κ1) is 13.3. The molecule has 110 valence electrons. The van der Waals surface area contributed by atoms with Crippen LogP contribution in [-0.4, -0.2) is 26.4 Å². The van der Waals surface area contributed by atoms with Gasteiger partial charge in [-0.05, 0) is 35.9 Å². The highest BCUT2D eigenvalue weighted by Crippen LogP contribution is 2.22. The zero-order valence-corrected chi connectivity index (χ0v) is 12.7. The molecule has 1 aromatic carbocycles. The quantitative estimate of drug-likeness (QED) is 0.728. The van der Waals surface area contributed by atoms with E-state index in [0.29, 0.717) is 0 Å². The number of hydrogen-bond acceptors (Lipinski definition) is 4. The van der Waals surface area contributed by atoms with Crippen molar-refractivity contribution in [3.8, 4) is 0 Å². The Kier molecular flexibility index (Phi) is 3.31. The standard InChI is InChI=1S/C18H18N4/c1-13-20-10-15-6-8-22(12-18(15)21-13)11-16-4-2-3-14-9-19-7-5-17(14)16/h2-5,7,9-10H,6,8,11-12H2,1H3. The van der Waals surface area contributed by atoms with Crippen molar-refractivity contribution in [1.29, 1.82) is 0 Å². The molecule has 2 aromatic heterocycles. The van der Waals surface area contributed by atoms with Gasteiger partial charge in [0.2, 0.25) is 0 Å². The first-order valence-corrected chi connectivity index (χ1v) is 7.65. The van der Waals surface area contributed by atoms with Crippen LogP contribution < -0.4 is 0 Å². The van der Waals surface area contributed by atoms with Gasteiger partial charge < -0.3 is 0 Å². The van der Waals surface area contributed by atoms with Gasteiger partial charge in [0.15, 0.2) is 0 Å². The molecule has 0 fully saturated rings. The predicted octanol–water partition coefficient (Wildman–Crippen LogP) is 2.89. The fourth-order valence-corrected chi connectivity index (χ4v) is 3.16. The van der Waals surface area contributed by atoms with Gasteiger partial charge in [0, 0.05) is 43.6 Å². The fourth-order valence-electron chi connectivity index (χ4n) is 3.16. The highest BCUT2D eigenvalue weighted by atomic mass is 15.1. The third-order valence-electron chi connectivity index (χ3n) is 4.31. The number of benzene rings is 1. The minimum absolute atomic E-state index is 0.858. The van der Waals surface area contributed by atoms with Gasteiger partial charge >= 0.3 is 0 Å². The van der Waals surface area contributed by atoms with Crippen molar-refractivity contribution in [3.63, 3.8) is 0 Å². The third-order valence-corrected chi connectivity index (χ3v) is 4.31. The summed E-state index contributed by atoms with van der Waals surface area (Å²) in [5, 5.41) is 2.50. The second-order valence-corrected chi connectivity index (χ2v) is 5.86. The summed E-state index contributed by atoms with van der Waals surface area (Å²) in [6, 6.07) is 8.55. The summed E-state index contributed by atoms with van der Waals surface area (Å²) in [4.78, 5) is 15.6. The molecule has 4 rings (SSSR count). The average Bonchev–Trinajstić information content (AvgIpc) is 2.55. The van der Waals surface area contributed by atoms with Crippen molar-refractivity contribution in [2.75, 3.05) is 6.54 Å². The maximum Gasteiger partial charge on any atom is 0.125 e. The number of aromatic nitrogens is 3. The van der Waals surface area contributed by atoms with Gasteiger partial charge in [0.05, 0.1) is 5.69 Å². The van der Waals surface area contributed by atoms with Crippen LogP contribution in [0.3, 0.4) is 0 Å². The van der Waals surface area contributed by atoms with Crippen molar-refractivity contribution < 1.29 is 0 Å². The van der Waals surface area contributed by atoms with E-state index in [1.165, 1.54) is 27.6 Å². The molecule has 0 N–H and O–H groups in total. The van der Waals surface area contributed by atoms with Crippen molar-refractivity contribution in [2.24, 2.45) is 0 Å². The molecular formula is C18H18N4. The van der Waals surface area contributed by atoms with Crippen LogP contribution in [0.5, 0.6) is 0 Å². The van der Waals surface area contributed by atoms with Crippen molar-refractivity contribution in [1.82, 2.24) is 19.9 Å². The van der Waals surface area contributed by atoms with Crippen LogP contribution in [0.2, 0.25) is 0 Å². The lowest BCUT2D eigenvalue weighted by Gasteiger charge is -2.28. The molecule has 0 bridgehead atoms. The molecule has 4 nitrogen and oxygen atoms in total. The number of nitrogens with zero attached hydrogens (tertiary/aromatic N) is 4. The maximum atomic E-state index is 4.61. The first-order chi connectivity index (χ1) is 10.8.